The molecule has 1 saturated carbocycles. The number of aryl methyl sites for hydroxylation is 1. The van der Waals surface area contributed by atoms with E-state index in [1.54, 1.807) is 41.3 Å². The number of tetrazole rings is 1. The lowest BCUT2D eigenvalue weighted by molar-refractivity contribution is -0.130. The highest BCUT2D eigenvalue weighted by Gasteiger charge is 2.31. The lowest BCUT2D eigenvalue weighted by Gasteiger charge is -2.33. The molecule has 1 aliphatic carbocycles. The molecule has 3 aromatic carbocycles. The van der Waals surface area contributed by atoms with Crippen LogP contribution in [0.3, 0.4) is 0 Å². The summed E-state index contributed by atoms with van der Waals surface area (Å²) < 4.78 is 10.9. The average molecular weight is 864 g/mol. The van der Waals surface area contributed by atoms with Crippen LogP contribution in [0.15, 0.2) is 66.7 Å². The van der Waals surface area contributed by atoms with E-state index in [9.17, 15) is 24.0 Å². The van der Waals surface area contributed by atoms with Gasteiger partial charge in [-0.2, -0.15) is 5.21 Å². The minimum Gasteiger partial charge on any atom is -0.444 e. The number of carbonyl (C=O) groups is 5. The van der Waals surface area contributed by atoms with Crippen LogP contribution in [0.5, 0.6) is 0 Å². The van der Waals surface area contributed by atoms with Gasteiger partial charge in [-0.3, -0.25) is 14.4 Å². The molecule has 1 saturated heterocycles. The molecule has 5 amide bonds. The number of benzene rings is 3. The topological polar surface area (TPSA) is 210 Å². The molecular formula is C47H61N9O7. The zero-order valence-corrected chi connectivity index (χ0v) is 37.4. The fourth-order valence-corrected chi connectivity index (χ4v) is 7.83. The molecule has 2 aliphatic rings. The fourth-order valence-electron chi connectivity index (χ4n) is 7.83. The van der Waals surface area contributed by atoms with Crippen molar-refractivity contribution >= 4 is 35.6 Å². The number of nitrogens with zero attached hydrogens (tertiary/aromatic N) is 4. The highest BCUT2D eigenvalue weighted by atomic mass is 16.6. The van der Waals surface area contributed by atoms with Crippen molar-refractivity contribution in [3.8, 4) is 22.5 Å². The van der Waals surface area contributed by atoms with Crippen molar-refractivity contribution in [2.75, 3.05) is 25.0 Å². The maximum atomic E-state index is 14.0. The van der Waals surface area contributed by atoms with E-state index in [1.807, 2.05) is 78.8 Å². The van der Waals surface area contributed by atoms with Gasteiger partial charge < -0.3 is 35.6 Å². The molecule has 0 bridgehead atoms. The number of hydrogen-bond acceptors (Lipinski definition) is 10. The van der Waals surface area contributed by atoms with Crippen molar-refractivity contribution in [1.29, 1.82) is 0 Å². The Morgan fingerprint density at radius 1 is 0.810 bits per heavy atom. The number of aromatic amines is 1. The van der Waals surface area contributed by atoms with Crippen LogP contribution in [0, 0.1) is 18.8 Å². The van der Waals surface area contributed by atoms with Crippen LogP contribution in [0.4, 0.5) is 15.3 Å². The van der Waals surface area contributed by atoms with Gasteiger partial charge in [0, 0.05) is 54.8 Å². The third-order valence-electron chi connectivity index (χ3n) is 11.2. The quantitative estimate of drug-likeness (QED) is 0.0988. The molecule has 1 aliphatic heterocycles. The number of rotatable bonds is 12. The predicted octanol–water partition coefficient (Wildman–Crippen LogP) is 6.97. The van der Waals surface area contributed by atoms with Crippen LogP contribution in [0.2, 0.25) is 0 Å². The number of piperidine rings is 1. The Labute approximate surface area is 369 Å². The summed E-state index contributed by atoms with van der Waals surface area (Å²) in [5.74, 6) is -0.351. The Morgan fingerprint density at radius 3 is 2.08 bits per heavy atom. The van der Waals surface area contributed by atoms with Gasteiger partial charge in [0.05, 0.1) is 0 Å². The molecule has 0 unspecified atom stereocenters. The molecule has 2 fully saturated rings. The summed E-state index contributed by atoms with van der Waals surface area (Å²) in [6.07, 6.45) is 3.50. The van der Waals surface area contributed by atoms with E-state index in [0.717, 1.165) is 40.7 Å². The SMILES string of the molecule is Cc1ccc(C[C@H](NC(=O)C2CCC(CNC(=O)OC(C)(C)C)CC2)C(=O)Nc2ccc(-c3nn[nH]n3)cc2)cc1-c1ccc(C(=O)NC2CCN(C(=O)OC(C)(C)C)CC2)cc1. The van der Waals surface area contributed by atoms with Gasteiger partial charge in [-0.25, -0.2) is 9.59 Å². The minimum absolute atomic E-state index is 0.0559. The van der Waals surface area contributed by atoms with Gasteiger partial charge in [0.15, 0.2) is 0 Å². The van der Waals surface area contributed by atoms with Crippen molar-refractivity contribution < 1.29 is 33.4 Å². The second kappa shape index (κ2) is 20.2. The zero-order valence-electron chi connectivity index (χ0n) is 37.4. The van der Waals surface area contributed by atoms with Gasteiger partial charge in [0.1, 0.15) is 17.2 Å². The summed E-state index contributed by atoms with van der Waals surface area (Å²) in [5, 5.41) is 26.1. The Balaban J connectivity index is 1.10. The number of nitrogens with one attached hydrogen (secondary N) is 5. The van der Waals surface area contributed by atoms with Crippen LogP contribution in [0.1, 0.15) is 102 Å². The Hall–Kier alpha value is -6.32. The van der Waals surface area contributed by atoms with E-state index in [1.165, 1.54) is 0 Å². The maximum Gasteiger partial charge on any atom is 0.410 e. The van der Waals surface area contributed by atoms with Gasteiger partial charge in [0.25, 0.3) is 5.91 Å². The standard InChI is InChI=1S/C47H61N9O7/c1-29-8-9-31(26-38(29)32-14-16-35(17-15-32)41(57)49-37-22-24-56(25-23-37)45(61)63-47(5,6)7)27-39(43(59)50-36-20-18-33(19-21-36)40-52-54-55-53-40)51-42(58)34-12-10-30(11-13-34)28-48-44(60)62-46(2,3)4/h8-9,14-21,26,30,34,37,39H,10-13,22-25,27-28H2,1-7H3,(H,48,60)(H,49,57)(H,50,59)(H,51,58)(H,52,53,54,55)/t30?,34?,39-/m0/s1. The first kappa shape index (κ1) is 46.2. The second-order valence-electron chi connectivity index (χ2n) is 18.6. The van der Waals surface area contributed by atoms with Crippen molar-refractivity contribution in [2.45, 2.75) is 117 Å². The number of aromatic nitrogens is 4. The average Bonchev–Trinajstić information content (AvgIpc) is 3.78. The normalized spacial score (nSPS) is 17.5. The smallest absolute Gasteiger partial charge is 0.410 e. The highest BCUT2D eigenvalue weighted by molar-refractivity contribution is 5.98. The summed E-state index contributed by atoms with van der Waals surface area (Å²) in [5.41, 5.74) is 4.35. The number of anilines is 1. The molecular weight excluding hydrogens is 803 g/mol. The number of H-pyrrole nitrogens is 1. The van der Waals surface area contributed by atoms with Crippen LogP contribution >= 0.6 is 0 Å². The second-order valence-corrected chi connectivity index (χ2v) is 18.6. The fraction of sp³-hybridized carbons (Fsp3) is 0.489. The molecule has 5 N–H and O–H groups in total. The summed E-state index contributed by atoms with van der Waals surface area (Å²) in [4.78, 5) is 67.5. The number of carbonyl (C=O) groups excluding carboxylic acids is 5. The lowest BCUT2D eigenvalue weighted by atomic mass is 9.81. The molecule has 63 heavy (non-hydrogen) atoms. The molecule has 1 atom stereocenters. The molecule has 1 aromatic heterocycles. The first-order valence-electron chi connectivity index (χ1n) is 21.8. The first-order chi connectivity index (χ1) is 29.9. The van der Waals surface area contributed by atoms with Crippen LogP contribution in [-0.2, 0) is 25.5 Å². The first-order valence-corrected chi connectivity index (χ1v) is 21.8. The highest BCUT2D eigenvalue weighted by Crippen LogP contribution is 2.30. The number of ether oxygens (including phenoxy) is 2. The van der Waals surface area contributed by atoms with Crippen molar-refractivity contribution in [1.82, 2.24) is 41.5 Å². The largest absolute Gasteiger partial charge is 0.444 e. The number of alkyl carbamates (subject to hydrolysis) is 1. The van der Waals surface area contributed by atoms with Crippen LogP contribution < -0.4 is 21.3 Å². The monoisotopic (exact) mass is 863 g/mol. The van der Waals surface area contributed by atoms with Crippen molar-refractivity contribution in [3.05, 3.63) is 83.4 Å². The molecule has 0 spiro atoms. The van der Waals surface area contributed by atoms with E-state index in [0.29, 0.717) is 62.4 Å². The van der Waals surface area contributed by atoms with Crippen molar-refractivity contribution in [3.63, 3.8) is 0 Å². The van der Waals surface area contributed by atoms with Crippen LogP contribution in [0.25, 0.3) is 22.5 Å². The van der Waals surface area contributed by atoms with E-state index >= 15 is 0 Å². The predicted molar refractivity (Wildman–Crippen MR) is 238 cm³/mol. The van der Waals surface area contributed by atoms with Gasteiger partial charge in [-0.05, 0) is 157 Å². The summed E-state index contributed by atoms with van der Waals surface area (Å²) in [6, 6.07) is 19.5. The van der Waals surface area contributed by atoms with E-state index < -0.39 is 23.3 Å². The molecule has 6 rings (SSSR count). The molecule has 336 valence electrons. The summed E-state index contributed by atoms with van der Waals surface area (Å²) in [7, 11) is 0. The Morgan fingerprint density at radius 2 is 1.46 bits per heavy atom. The maximum absolute atomic E-state index is 14.0. The van der Waals surface area contributed by atoms with Gasteiger partial charge in [-0.1, -0.05) is 30.3 Å². The third kappa shape index (κ3) is 13.6. The number of amides is 5. The molecule has 4 aromatic rings. The molecule has 2 heterocycles. The van der Waals surface area contributed by atoms with E-state index in [2.05, 4.69) is 41.9 Å². The Bertz CT molecular complexity index is 2200. The van der Waals surface area contributed by atoms with E-state index in [-0.39, 0.29) is 48.1 Å². The summed E-state index contributed by atoms with van der Waals surface area (Å²) in [6.45, 7) is 14.5. The molecule has 0 radical (unpaired) electrons. The van der Waals surface area contributed by atoms with Crippen molar-refractivity contribution in [2.24, 2.45) is 11.8 Å². The van der Waals surface area contributed by atoms with Gasteiger partial charge in [0.2, 0.25) is 17.6 Å². The molecule has 16 heteroatoms. The molecule has 16 nitrogen and oxygen atoms in total. The third-order valence-corrected chi connectivity index (χ3v) is 11.2. The van der Waals surface area contributed by atoms with Gasteiger partial charge >= 0.3 is 12.2 Å². The zero-order chi connectivity index (χ0) is 45.3. The van der Waals surface area contributed by atoms with Gasteiger partial charge in [-0.15, -0.1) is 10.2 Å². The summed E-state index contributed by atoms with van der Waals surface area (Å²) >= 11 is 0. The number of likely N-dealkylation sites (tertiary alicyclic amines) is 1. The number of hydrogen-bond donors (Lipinski definition) is 5. The van der Waals surface area contributed by atoms with E-state index in [4.69, 9.17) is 9.47 Å². The van der Waals surface area contributed by atoms with Crippen LogP contribution in [-0.4, -0.2) is 98.4 Å². The minimum atomic E-state index is -0.890. The Kier molecular flexibility index (Phi) is 14.8. The lowest BCUT2D eigenvalue weighted by Crippen LogP contribution is -2.48.